The fraction of sp³-hybridized carbons (Fsp3) is 0.857. The summed E-state index contributed by atoms with van der Waals surface area (Å²) in [6.07, 6.45) is -3.79. The number of alkyl halides is 4. The number of hydrogen-bond donors (Lipinski definition) is 2. The Kier molecular flexibility index (Phi) is 5.51. The summed E-state index contributed by atoms with van der Waals surface area (Å²) in [5, 5.41) is 2.39. The molecule has 0 aromatic heterocycles. The lowest BCUT2D eigenvalue weighted by atomic mass is 10.3. The highest BCUT2D eigenvalue weighted by Crippen LogP contribution is 2.22. The lowest BCUT2D eigenvalue weighted by Crippen LogP contribution is -2.44. The Morgan fingerprint density at radius 3 is 2.40 bits per heavy atom. The Labute approximate surface area is 83.8 Å². The number of hydrogen-bond acceptors (Lipinski definition) is 3. The maximum absolute atomic E-state index is 12.3. The van der Waals surface area contributed by atoms with E-state index in [4.69, 9.17) is 5.73 Å². The van der Waals surface area contributed by atoms with Crippen LogP contribution in [0.3, 0.4) is 0 Å². The molecule has 0 aliphatic carbocycles. The topological polar surface area (TPSA) is 64.3 Å². The number of amides is 1. The van der Waals surface area contributed by atoms with Crippen molar-refractivity contribution >= 4 is 5.91 Å². The molecule has 0 radical (unpaired) electrons. The molecule has 1 amide bonds. The van der Waals surface area contributed by atoms with Crippen LogP contribution in [0.1, 0.15) is 0 Å². The predicted octanol–water partition coefficient (Wildman–Crippen LogP) is -0.0233. The normalized spacial score (nSPS) is 14.3. The van der Waals surface area contributed by atoms with Crippen LogP contribution in [0.25, 0.3) is 0 Å². The molecule has 1 unspecified atom stereocenters. The first-order chi connectivity index (χ1) is 6.81. The standard InChI is InChI=1S/C7H12F4N2O2/c1-13-4(5(12)14)2-15-3-7(10,11)6(8)9/h4,6,13H,2-3H2,1H3,(H2,12,14). The Balaban J connectivity index is 3.92. The summed E-state index contributed by atoms with van der Waals surface area (Å²) in [6.45, 7) is -1.93. The molecule has 0 saturated carbocycles. The van der Waals surface area contributed by atoms with E-state index in [0.717, 1.165) is 0 Å². The molecule has 0 aromatic rings. The van der Waals surface area contributed by atoms with Crippen molar-refractivity contribution in [3.63, 3.8) is 0 Å². The monoisotopic (exact) mass is 232 g/mol. The summed E-state index contributed by atoms with van der Waals surface area (Å²) >= 11 is 0. The number of likely N-dealkylation sites (N-methyl/N-ethyl adjacent to an activating group) is 1. The number of carbonyl (C=O) groups excluding carboxylic acids is 1. The van der Waals surface area contributed by atoms with Crippen LogP contribution in [-0.4, -0.2) is 44.6 Å². The number of ether oxygens (including phenoxy) is 1. The molecule has 0 rings (SSSR count). The molecule has 0 spiro atoms. The van der Waals surface area contributed by atoms with Crippen LogP contribution in [0.5, 0.6) is 0 Å². The third-order valence-electron chi connectivity index (χ3n) is 1.59. The van der Waals surface area contributed by atoms with Gasteiger partial charge in [-0.15, -0.1) is 0 Å². The summed E-state index contributed by atoms with van der Waals surface area (Å²) in [5.74, 6) is -5.02. The van der Waals surface area contributed by atoms with Crippen LogP contribution >= 0.6 is 0 Å². The number of halogens is 4. The van der Waals surface area contributed by atoms with E-state index in [1.165, 1.54) is 7.05 Å². The van der Waals surface area contributed by atoms with Gasteiger partial charge in [0.15, 0.2) is 0 Å². The molecule has 15 heavy (non-hydrogen) atoms. The van der Waals surface area contributed by atoms with Crippen LogP contribution in [-0.2, 0) is 9.53 Å². The summed E-state index contributed by atoms with van der Waals surface area (Å²) in [4.78, 5) is 10.6. The highest BCUT2D eigenvalue weighted by atomic mass is 19.3. The van der Waals surface area contributed by atoms with Crippen LogP contribution in [0.2, 0.25) is 0 Å². The minimum Gasteiger partial charge on any atom is -0.373 e. The Hall–Kier alpha value is -0.890. The van der Waals surface area contributed by atoms with Gasteiger partial charge in [-0.05, 0) is 7.05 Å². The van der Waals surface area contributed by atoms with E-state index in [-0.39, 0.29) is 0 Å². The van der Waals surface area contributed by atoms with Crippen molar-refractivity contribution in [3.8, 4) is 0 Å². The molecule has 0 aliphatic rings. The van der Waals surface area contributed by atoms with Gasteiger partial charge in [-0.25, -0.2) is 8.78 Å². The van der Waals surface area contributed by atoms with E-state index in [0.29, 0.717) is 0 Å². The Bertz CT molecular complexity index is 213. The fourth-order valence-electron chi connectivity index (χ4n) is 0.684. The van der Waals surface area contributed by atoms with Gasteiger partial charge in [0.05, 0.1) is 6.61 Å². The average molecular weight is 232 g/mol. The molecular weight excluding hydrogens is 220 g/mol. The summed E-state index contributed by atoms with van der Waals surface area (Å²) < 4.78 is 52.1. The lowest BCUT2D eigenvalue weighted by molar-refractivity contribution is -0.167. The zero-order valence-electron chi connectivity index (χ0n) is 7.97. The fourth-order valence-corrected chi connectivity index (χ4v) is 0.684. The summed E-state index contributed by atoms with van der Waals surface area (Å²) in [6, 6.07) is -0.974. The minimum atomic E-state index is -4.21. The number of nitrogens with one attached hydrogen (secondary N) is 1. The van der Waals surface area contributed by atoms with E-state index in [1.54, 1.807) is 0 Å². The van der Waals surface area contributed by atoms with Gasteiger partial charge in [0.1, 0.15) is 12.6 Å². The maximum Gasteiger partial charge on any atom is 0.330 e. The number of primary amides is 1. The van der Waals surface area contributed by atoms with E-state index in [2.05, 4.69) is 10.1 Å². The zero-order chi connectivity index (χ0) is 12.1. The van der Waals surface area contributed by atoms with Crippen LogP contribution in [0.15, 0.2) is 0 Å². The van der Waals surface area contributed by atoms with Gasteiger partial charge in [-0.1, -0.05) is 0 Å². The van der Waals surface area contributed by atoms with Gasteiger partial charge in [-0.3, -0.25) is 4.79 Å². The largest absolute Gasteiger partial charge is 0.373 e. The second kappa shape index (κ2) is 5.86. The first-order valence-corrected chi connectivity index (χ1v) is 4.01. The van der Waals surface area contributed by atoms with Gasteiger partial charge in [0.25, 0.3) is 0 Å². The highest BCUT2D eigenvalue weighted by molar-refractivity contribution is 5.79. The summed E-state index contributed by atoms with van der Waals surface area (Å²) in [7, 11) is 1.37. The van der Waals surface area contributed by atoms with E-state index in [1.807, 2.05) is 0 Å². The highest BCUT2D eigenvalue weighted by Gasteiger charge is 2.41. The molecule has 90 valence electrons. The van der Waals surface area contributed by atoms with Crippen molar-refractivity contribution in [2.45, 2.75) is 18.4 Å². The first kappa shape index (κ1) is 14.1. The van der Waals surface area contributed by atoms with Gasteiger partial charge >= 0.3 is 12.3 Å². The Morgan fingerprint density at radius 1 is 1.53 bits per heavy atom. The van der Waals surface area contributed by atoms with Crippen molar-refractivity contribution in [3.05, 3.63) is 0 Å². The molecular formula is C7H12F4N2O2. The number of carbonyl (C=O) groups is 1. The molecule has 4 nitrogen and oxygen atoms in total. The summed E-state index contributed by atoms with van der Waals surface area (Å²) in [5.41, 5.74) is 4.84. The second-order valence-electron chi connectivity index (χ2n) is 2.82. The predicted molar refractivity (Wildman–Crippen MR) is 43.8 cm³/mol. The van der Waals surface area contributed by atoms with Crippen LogP contribution < -0.4 is 11.1 Å². The Morgan fingerprint density at radius 2 is 2.07 bits per heavy atom. The van der Waals surface area contributed by atoms with Crippen molar-refractivity contribution in [1.82, 2.24) is 5.32 Å². The molecule has 0 bridgehead atoms. The molecule has 0 aromatic carbocycles. The number of rotatable bonds is 7. The maximum atomic E-state index is 12.3. The number of nitrogens with two attached hydrogens (primary N) is 1. The molecule has 1 atom stereocenters. The van der Waals surface area contributed by atoms with Crippen molar-refractivity contribution < 1.29 is 27.1 Å². The van der Waals surface area contributed by atoms with Gasteiger partial charge in [0, 0.05) is 0 Å². The molecule has 8 heteroatoms. The molecule has 0 heterocycles. The smallest absolute Gasteiger partial charge is 0.330 e. The molecule has 3 N–H and O–H groups in total. The second-order valence-corrected chi connectivity index (χ2v) is 2.82. The van der Waals surface area contributed by atoms with Crippen molar-refractivity contribution in [2.24, 2.45) is 5.73 Å². The quantitative estimate of drug-likeness (QED) is 0.606. The molecule has 0 aliphatic heterocycles. The van der Waals surface area contributed by atoms with Gasteiger partial charge in [0.2, 0.25) is 5.91 Å². The van der Waals surface area contributed by atoms with E-state index >= 15 is 0 Å². The average Bonchev–Trinajstić information content (AvgIpc) is 2.11. The first-order valence-electron chi connectivity index (χ1n) is 4.01. The van der Waals surface area contributed by atoms with Gasteiger partial charge < -0.3 is 15.8 Å². The third kappa shape index (κ3) is 4.93. The van der Waals surface area contributed by atoms with Crippen molar-refractivity contribution in [2.75, 3.05) is 20.3 Å². The van der Waals surface area contributed by atoms with E-state index in [9.17, 15) is 22.4 Å². The van der Waals surface area contributed by atoms with Crippen LogP contribution in [0, 0.1) is 0 Å². The van der Waals surface area contributed by atoms with Crippen molar-refractivity contribution in [1.29, 1.82) is 0 Å². The SMILES string of the molecule is CNC(COCC(F)(F)C(F)F)C(N)=O. The zero-order valence-corrected chi connectivity index (χ0v) is 7.97. The lowest BCUT2D eigenvalue weighted by Gasteiger charge is -2.17. The minimum absolute atomic E-state index is 0.478. The van der Waals surface area contributed by atoms with Crippen LogP contribution in [0.4, 0.5) is 17.6 Å². The van der Waals surface area contributed by atoms with E-state index < -0.39 is 37.5 Å². The molecule has 0 fully saturated rings. The van der Waals surface area contributed by atoms with Gasteiger partial charge in [-0.2, -0.15) is 8.78 Å². The third-order valence-corrected chi connectivity index (χ3v) is 1.59. The molecule has 0 saturated heterocycles.